The number of nitrogens with one attached hydrogen (secondary N) is 2. The summed E-state index contributed by atoms with van der Waals surface area (Å²) in [6.45, 7) is 4.33. The summed E-state index contributed by atoms with van der Waals surface area (Å²) in [6, 6.07) is 13.0. The molecule has 2 aromatic carbocycles. The molecule has 3 rings (SSSR count). The van der Waals surface area contributed by atoms with Gasteiger partial charge in [0.25, 0.3) is 5.91 Å². The fourth-order valence-corrected chi connectivity index (χ4v) is 5.22. The zero-order valence-electron chi connectivity index (χ0n) is 19.2. The van der Waals surface area contributed by atoms with Gasteiger partial charge in [-0.25, -0.2) is 8.42 Å². The Morgan fingerprint density at radius 3 is 2.52 bits per heavy atom. The quantitative estimate of drug-likeness (QED) is 0.612. The van der Waals surface area contributed by atoms with E-state index in [1.54, 1.807) is 36.4 Å². The maximum absolute atomic E-state index is 13.1. The van der Waals surface area contributed by atoms with Crippen molar-refractivity contribution in [3.8, 4) is 5.75 Å². The first kappa shape index (κ1) is 24.7. The average Bonchev–Trinajstić information content (AvgIpc) is 2.84. The first-order valence-corrected chi connectivity index (χ1v) is 12.5. The maximum atomic E-state index is 13.1. The Morgan fingerprint density at radius 2 is 1.85 bits per heavy atom. The molecule has 0 aromatic heterocycles. The topological polar surface area (TPSA) is 105 Å². The number of rotatable bonds is 8. The number of sulfonamides is 1. The SMILES string of the molecule is CC[C@H](C)NC(=O)c1ccccc1NC(=O)[C@@H]1CCCN(S(=O)(=O)c2ccc(OC)cc2)C1. The Hall–Kier alpha value is -2.91. The Labute approximate surface area is 195 Å². The van der Waals surface area contributed by atoms with E-state index in [0.717, 1.165) is 6.42 Å². The molecule has 0 saturated carbocycles. The predicted molar refractivity (Wildman–Crippen MR) is 127 cm³/mol. The highest BCUT2D eigenvalue weighted by atomic mass is 32.2. The van der Waals surface area contributed by atoms with Crippen molar-refractivity contribution in [2.45, 2.75) is 44.0 Å². The highest BCUT2D eigenvalue weighted by Gasteiger charge is 2.33. The number of hydrogen-bond acceptors (Lipinski definition) is 5. The van der Waals surface area contributed by atoms with Gasteiger partial charge in [0.1, 0.15) is 5.75 Å². The molecule has 178 valence electrons. The molecule has 0 bridgehead atoms. The molecule has 2 atom stereocenters. The second kappa shape index (κ2) is 10.8. The number of piperidine rings is 1. The third-order valence-corrected chi connectivity index (χ3v) is 7.75. The van der Waals surface area contributed by atoms with Gasteiger partial charge in [0, 0.05) is 19.1 Å². The van der Waals surface area contributed by atoms with E-state index in [9.17, 15) is 18.0 Å². The number of para-hydroxylation sites is 1. The highest BCUT2D eigenvalue weighted by Crippen LogP contribution is 2.26. The molecule has 0 aliphatic carbocycles. The maximum Gasteiger partial charge on any atom is 0.253 e. The Bertz CT molecular complexity index is 1090. The van der Waals surface area contributed by atoms with Crippen LogP contribution < -0.4 is 15.4 Å². The number of carbonyl (C=O) groups is 2. The second-order valence-corrected chi connectivity index (χ2v) is 10.1. The molecular formula is C24H31N3O5S. The number of nitrogens with zero attached hydrogens (tertiary/aromatic N) is 1. The lowest BCUT2D eigenvalue weighted by molar-refractivity contribution is -0.120. The van der Waals surface area contributed by atoms with Crippen molar-refractivity contribution in [3.05, 3.63) is 54.1 Å². The summed E-state index contributed by atoms with van der Waals surface area (Å²) in [5.41, 5.74) is 0.795. The standard InChI is InChI=1S/C24H31N3O5S/c1-4-17(2)25-24(29)21-9-5-6-10-22(21)26-23(28)18-8-7-15-27(16-18)33(30,31)20-13-11-19(32-3)12-14-20/h5-6,9-14,17-18H,4,7-8,15-16H2,1-3H3,(H,25,29)(H,26,28)/t17-,18+/m0/s1. The van der Waals surface area contributed by atoms with Gasteiger partial charge in [-0.05, 0) is 62.6 Å². The molecule has 0 unspecified atom stereocenters. The van der Waals surface area contributed by atoms with Gasteiger partial charge >= 0.3 is 0 Å². The van der Waals surface area contributed by atoms with Crippen molar-refractivity contribution in [1.82, 2.24) is 9.62 Å². The van der Waals surface area contributed by atoms with Crippen LogP contribution in [-0.2, 0) is 14.8 Å². The van der Waals surface area contributed by atoms with Crippen LogP contribution in [0.2, 0.25) is 0 Å². The normalized spacial score (nSPS) is 17.7. The van der Waals surface area contributed by atoms with E-state index in [0.29, 0.717) is 36.4 Å². The molecule has 9 heteroatoms. The highest BCUT2D eigenvalue weighted by molar-refractivity contribution is 7.89. The van der Waals surface area contributed by atoms with Crippen LogP contribution in [0, 0.1) is 5.92 Å². The van der Waals surface area contributed by atoms with Gasteiger partial charge in [-0.1, -0.05) is 19.1 Å². The van der Waals surface area contributed by atoms with Crippen LogP contribution in [0.5, 0.6) is 5.75 Å². The largest absolute Gasteiger partial charge is 0.497 e. The second-order valence-electron chi connectivity index (χ2n) is 8.20. The van der Waals surface area contributed by atoms with E-state index >= 15 is 0 Å². The van der Waals surface area contributed by atoms with E-state index in [4.69, 9.17) is 4.74 Å². The summed E-state index contributed by atoms with van der Waals surface area (Å²) >= 11 is 0. The minimum Gasteiger partial charge on any atom is -0.497 e. The smallest absolute Gasteiger partial charge is 0.253 e. The van der Waals surface area contributed by atoms with Crippen molar-refractivity contribution in [2.75, 3.05) is 25.5 Å². The van der Waals surface area contributed by atoms with Gasteiger partial charge in [-0.3, -0.25) is 9.59 Å². The summed E-state index contributed by atoms with van der Waals surface area (Å²) in [5, 5.41) is 5.75. The fourth-order valence-electron chi connectivity index (χ4n) is 3.70. The minimum absolute atomic E-state index is 0.0105. The van der Waals surface area contributed by atoms with E-state index in [1.807, 2.05) is 13.8 Å². The first-order chi connectivity index (χ1) is 15.8. The van der Waals surface area contributed by atoms with Gasteiger partial charge in [0.05, 0.1) is 29.2 Å². The van der Waals surface area contributed by atoms with Crippen LogP contribution in [-0.4, -0.2) is 50.8 Å². The molecular weight excluding hydrogens is 442 g/mol. The molecule has 1 fully saturated rings. The Kier molecular flexibility index (Phi) is 8.10. The summed E-state index contributed by atoms with van der Waals surface area (Å²) in [4.78, 5) is 25.8. The van der Waals surface area contributed by atoms with Crippen molar-refractivity contribution >= 4 is 27.5 Å². The van der Waals surface area contributed by atoms with Crippen LogP contribution in [0.1, 0.15) is 43.5 Å². The molecule has 0 radical (unpaired) electrons. The molecule has 2 amide bonds. The molecule has 1 saturated heterocycles. The number of methoxy groups -OCH3 is 1. The van der Waals surface area contributed by atoms with Gasteiger partial charge in [-0.2, -0.15) is 4.31 Å². The predicted octanol–water partition coefficient (Wildman–Crippen LogP) is 3.26. The van der Waals surface area contributed by atoms with Crippen molar-refractivity contribution in [3.63, 3.8) is 0 Å². The van der Waals surface area contributed by atoms with Crippen LogP contribution in [0.3, 0.4) is 0 Å². The molecule has 2 aromatic rings. The third-order valence-electron chi connectivity index (χ3n) is 5.87. The monoisotopic (exact) mass is 473 g/mol. The number of benzene rings is 2. The molecule has 33 heavy (non-hydrogen) atoms. The van der Waals surface area contributed by atoms with Crippen LogP contribution in [0.4, 0.5) is 5.69 Å². The zero-order valence-corrected chi connectivity index (χ0v) is 20.0. The van der Waals surface area contributed by atoms with Crippen LogP contribution in [0.25, 0.3) is 0 Å². The molecule has 1 aliphatic heterocycles. The fraction of sp³-hybridized carbons (Fsp3) is 0.417. The third kappa shape index (κ3) is 5.91. The first-order valence-electron chi connectivity index (χ1n) is 11.1. The molecule has 2 N–H and O–H groups in total. The van der Waals surface area contributed by atoms with E-state index in [1.165, 1.54) is 23.5 Å². The number of hydrogen-bond donors (Lipinski definition) is 2. The summed E-state index contributed by atoms with van der Waals surface area (Å²) in [6.07, 6.45) is 1.94. The van der Waals surface area contributed by atoms with Crippen molar-refractivity contribution < 1.29 is 22.7 Å². The van der Waals surface area contributed by atoms with Crippen molar-refractivity contribution in [1.29, 1.82) is 0 Å². The minimum atomic E-state index is -3.73. The summed E-state index contributed by atoms with van der Waals surface area (Å²) in [7, 11) is -2.21. The Morgan fingerprint density at radius 1 is 1.15 bits per heavy atom. The summed E-state index contributed by atoms with van der Waals surface area (Å²) < 4.78 is 32.6. The van der Waals surface area contributed by atoms with Crippen molar-refractivity contribution in [2.24, 2.45) is 5.92 Å². The summed E-state index contributed by atoms with van der Waals surface area (Å²) in [5.74, 6) is -0.501. The molecule has 8 nitrogen and oxygen atoms in total. The van der Waals surface area contributed by atoms with Crippen LogP contribution >= 0.6 is 0 Å². The lowest BCUT2D eigenvalue weighted by Gasteiger charge is -2.31. The lowest BCUT2D eigenvalue weighted by Crippen LogP contribution is -2.43. The van der Waals surface area contributed by atoms with Gasteiger partial charge in [0.15, 0.2) is 0 Å². The van der Waals surface area contributed by atoms with Gasteiger partial charge in [-0.15, -0.1) is 0 Å². The zero-order chi connectivity index (χ0) is 24.0. The average molecular weight is 474 g/mol. The number of ether oxygens (including phenoxy) is 1. The Balaban J connectivity index is 1.72. The van der Waals surface area contributed by atoms with Gasteiger partial charge in [0.2, 0.25) is 15.9 Å². The van der Waals surface area contributed by atoms with Crippen LogP contribution in [0.15, 0.2) is 53.4 Å². The number of anilines is 1. The molecule has 1 aliphatic rings. The van der Waals surface area contributed by atoms with E-state index in [2.05, 4.69) is 10.6 Å². The number of amides is 2. The molecule has 0 spiro atoms. The number of carbonyl (C=O) groups excluding carboxylic acids is 2. The molecule has 1 heterocycles. The van der Waals surface area contributed by atoms with Gasteiger partial charge < -0.3 is 15.4 Å². The van der Waals surface area contributed by atoms with E-state index in [-0.39, 0.29) is 29.3 Å². The lowest BCUT2D eigenvalue weighted by atomic mass is 9.98. The van der Waals surface area contributed by atoms with E-state index < -0.39 is 15.9 Å².